The Morgan fingerprint density at radius 2 is 2.00 bits per heavy atom. The van der Waals surface area contributed by atoms with E-state index in [2.05, 4.69) is 0 Å². The van der Waals surface area contributed by atoms with Gasteiger partial charge in [0.15, 0.2) is 15.7 Å². The normalized spacial score (nSPS) is 15.0. The van der Waals surface area contributed by atoms with E-state index < -0.39 is 31.8 Å². The molecule has 2 N–H and O–H groups in total. The second kappa shape index (κ2) is 10.3. The number of hydrogen-bond donors (Lipinski definition) is 2. The number of rotatable bonds is 9. The maximum absolute atomic E-state index is 13.9. The summed E-state index contributed by atoms with van der Waals surface area (Å²) in [5, 5.41) is 0.898. The van der Waals surface area contributed by atoms with Crippen LogP contribution in [0.25, 0.3) is 15.6 Å². The SMILES string of the molecule is COc1ccc2c(c1)N(CC(=O)NS(C)(=O)=O)C(=Cc1sc3sc(F)cc3[n+]1CCCS(=O)(=O)O)S2. The number of carbonyl (C=O) groups excluding carboxylic acids is 1. The zero-order chi connectivity index (χ0) is 26.3. The molecule has 3 aromatic rings. The van der Waals surface area contributed by atoms with Gasteiger partial charge in [-0.2, -0.15) is 17.4 Å². The van der Waals surface area contributed by atoms with Gasteiger partial charge in [0.25, 0.3) is 21.0 Å². The predicted octanol–water partition coefficient (Wildman–Crippen LogP) is 2.66. The molecule has 194 valence electrons. The standard InChI is InChI=1S/C20H20FN3O7S5/c1-31-12-4-5-15-13(8-12)24(11-17(25)22-35(2,26)27)19(32-15)10-18-23(6-3-7-36(28,29)30)14-9-16(21)33-20(14)34-18/h4-5,8-10H,3,6-7,11H2,1-2H3,(H-,22,25,28,29,30)/p+1. The van der Waals surface area contributed by atoms with Crippen molar-refractivity contribution in [3.63, 3.8) is 0 Å². The number of thioether (sulfide) groups is 1. The summed E-state index contributed by atoms with van der Waals surface area (Å²) in [5.41, 5.74) is 1.24. The minimum atomic E-state index is -4.16. The Morgan fingerprint density at radius 3 is 2.67 bits per heavy atom. The summed E-state index contributed by atoms with van der Waals surface area (Å²) in [6, 6.07) is 6.69. The van der Waals surface area contributed by atoms with Crippen LogP contribution >= 0.6 is 34.4 Å². The molecule has 0 saturated heterocycles. The van der Waals surface area contributed by atoms with Crippen LogP contribution < -0.4 is 18.9 Å². The predicted molar refractivity (Wildman–Crippen MR) is 138 cm³/mol. The van der Waals surface area contributed by atoms with Crippen molar-refractivity contribution in [3.8, 4) is 5.75 Å². The van der Waals surface area contributed by atoms with Crippen LogP contribution in [0.2, 0.25) is 0 Å². The maximum atomic E-state index is 13.9. The van der Waals surface area contributed by atoms with Crippen molar-refractivity contribution in [2.75, 3.05) is 30.6 Å². The molecule has 0 fully saturated rings. The van der Waals surface area contributed by atoms with E-state index >= 15 is 0 Å². The summed E-state index contributed by atoms with van der Waals surface area (Å²) in [6.07, 6.45) is 2.78. The van der Waals surface area contributed by atoms with Crippen molar-refractivity contribution in [1.29, 1.82) is 0 Å². The smallest absolute Gasteiger partial charge is 0.266 e. The Kier molecular flexibility index (Phi) is 7.64. The van der Waals surface area contributed by atoms with Crippen molar-refractivity contribution in [2.24, 2.45) is 0 Å². The molecule has 0 unspecified atom stereocenters. The van der Waals surface area contributed by atoms with Crippen LogP contribution in [-0.2, 0) is 31.5 Å². The molecule has 0 atom stereocenters. The molecule has 0 saturated carbocycles. The van der Waals surface area contributed by atoms with Crippen LogP contribution in [0.3, 0.4) is 0 Å². The highest BCUT2D eigenvalue weighted by molar-refractivity contribution is 8.04. The number of thiazole rings is 1. The fraction of sp³-hybridized carbons (Fsp3) is 0.300. The number of nitrogens with one attached hydrogen (secondary N) is 1. The molecule has 1 aromatic carbocycles. The third-order valence-corrected chi connectivity index (χ3v) is 9.64. The van der Waals surface area contributed by atoms with Crippen molar-refractivity contribution in [2.45, 2.75) is 17.9 Å². The monoisotopic (exact) mass is 594 g/mol. The van der Waals surface area contributed by atoms with Crippen LogP contribution in [0, 0.1) is 5.13 Å². The number of aryl methyl sites for hydroxylation is 1. The van der Waals surface area contributed by atoms with Crippen LogP contribution in [0.5, 0.6) is 5.75 Å². The van der Waals surface area contributed by atoms with E-state index in [0.717, 1.165) is 22.5 Å². The molecule has 1 aliphatic heterocycles. The number of hydrogen-bond acceptors (Lipinski definition) is 10. The molecule has 1 amide bonds. The second-order valence-electron chi connectivity index (χ2n) is 7.76. The number of thiophene rings is 1. The first-order chi connectivity index (χ1) is 16.8. The Balaban J connectivity index is 1.74. The van der Waals surface area contributed by atoms with E-state index in [-0.39, 0.29) is 24.6 Å². The number of methoxy groups -OCH3 is 1. The number of ether oxygens (including phenoxy) is 1. The topological polar surface area (TPSA) is 134 Å². The van der Waals surface area contributed by atoms with E-state index in [9.17, 15) is 26.0 Å². The number of sulfonamides is 1. The van der Waals surface area contributed by atoms with Gasteiger partial charge in [-0.1, -0.05) is 34.4 Å². The van der Waals surface area contributed by atoms with Crippen molar-refractivity contribution < 1.29 is 39.9 Å². The third kappa shape index (κ3) is 6.36. The molecule has 4 rings (SSSR count). The van der Waals surface area contributed by atoms with Gasteiger partial charge in [0.05, 0.1) is 42.0 Å². The molecule has 0 spiro atoms. The Bertz CT molecular complexity index is 1580. The fourth-order valence-electron chi connectivity index (χ4n) is 3.58. The number of fused-ring (bicyclic) bond motifs is 2. The molecule has 1 aliphatic rings. The van der Waals surface area contributed by atoms with Crippen molar-refractivity contribution >= 4 is 81.8 Å². The number of benzene rings is 1. The minimum absolute atomic E-state index is 0.105. The van der Waals surface area contributed by atoms with Gasteiger partial charge in [0, 0.05) is 17.4 Å². The molecular weight excluding hydrogens is 574 g/mol. The molecule has 0 radical (unpaired) electrons. The lowest BCUT2D eigenvalue weighted by molar-refractivity contribution is -0.668. The molecule has 16 heteroatoms. The van der Waals surface area contributed by atoms with Gasteiger partial charge in [-0.15, -0.1) is 0 Å². The Morgan fingerprint density at radius 1 is 1.25 bits per heavy atom. The van der Waals surface area contributed by atoms with Gasteiger partial charge >= 0.3 is 0 Å². The number of halogens is 1. The lowest BCUT2D eigenvalue weighted by atomic mass is 10.2. The van der Waals surface area contributed by atoms with Gasteiger partial charge < -0.3 is 9.64 Å². The highest BCUT2D eigenvalue weighted by Crippen LogP contribution is 2.48. The largest absolute Gasteiger partial charge is 0.497 e. The second-order valence-corrected chi connectivity index (χ2v) is 14.4. The molecule has 10 nitrogen and oxygen atoms in total. The number of anilines is 1. The van der Waals surface area contributed by atoms with Crippen LogP contribution in [0.15, 0.2) is 34.2 Å². The lowest BCUT2D eigenvalue weighted by Crippen LogP contribution is -2.38. The van der Waals surface area contributed by atoms with Crippen LogP contribution in [0.1, 0.15) is 11.4 Å². The fourth-order valence-corrected chi connectivity index (χ4v) is 7.92. The van der Waals surface area contributed by atoms with Gasteiger partial charge in [-0.25, -0.2) is 8.42 Å². The summed E-state index contributed by atoms with van der Waals surface area (Å²) in [5.74, 6) is -0.621. The average molecular weight is 595 g/mol. The van der Waals surface area contributed by atoms with E-state index in [1.165, 1.54) is 36.3 Å². The maximum Gasteiger partial charge on any atom is 0.266 e. The lowest BCUT2D eigenvalue weighted by Gasteiger charge is -2.19. The average Bonchev–Trinajstić information content (AvgIpc) is 3.37. The van der Waals surface area contributed by atoms with Gasteiger partial charge in [-0.3, -0.25) is 14.1 Å². The van der Waals surface area contributed by atoms with E-state index in [1.54, 1.807) is 27.7 Å². The Labute approximate surface area is 219 Å². The minimum Gasteiger partial charge on any atom is -0.497 e. The molecule has 0 bridgehead atoms. The van der Waals surface area contributed by atoms with E-state index in [1.807, 2.05) is 10.8 Å². The quantitative estimate of drug-likeness (QED) is 0.283. The molecule has 2 aromatic heterocycles. The van der Waals surface area contributed by atoms with Crippen LogP contribution in [0.4, 0.5) is 10.1 Å². The first-order valence-electron chi connectivity index (χ1n) is 10.3. The summed E-state index contributed by atoms with van der Waals surface area (Å²) >= 11 is 3.62. The van der Waals surface area contributed by atoms with Gasteiger partial charge in [0.2, 0.25) is 15.5 Å². The van der Waals surface area contributed by atoms with Crippen molar-refractivity contribution in [1.82, 2.24) is 4.72 Å². The number of amides is 1. The van der Waals surface area contributed by atoms with E-state index in [4.69, 9.17) is 9.29 Å². The number of aromatic nitrogens is 1. The van der Waals surface area contributed by atoms with E-state index in [0.29, 0.717) is 31.0 Å². The summed E-state index contributed by atoms with van der Waals surface area (Å²) in [6.45, 7) is -0.0850. The zero-order valence-electron chi connectivity index (χ0n) is 18.9. The zero-order valence-corrected chi connectivity index (χ0v) is 23.0. The molecule has 0 aliphatic carbocycles. The first kappa shape index (κ1) is 26.8. The highest BCUT2D eigenvalue weighted by atomic mass is 32.2. The van der Waals surface area contributed by atoms with Gasteiger partial charge in [0.1, 0.15) is 12.3 Å². The Hall–Kier alpha value is -2.24. The molecular formula is C20H21FN3O7S5+. The summed E-state index contributed by atoms with van der Waals surface area (Å²) in [4.78, 5) is 15.0. The van der Waals surface area contributed by atoms with Gasteiger partial charge in [-0.05, 0) is 12.1 Å². The number of nitrogens with zero attached hydrogens (tertiary/aromatic N) is 2. The third-order valence-electron chi connectivity index (χ3n) is 4.97. The highest BCUT2D eigenvalue weighted by Gasteiger charge is 2.31. The summed E-state index contributed by atoms with van der Waals surface area (Å²) < 4.78 is 78.2. The van der Waals surface area contributed by atoms with Crippen molar-refractivity contribution in [3.05, 3.63) is 39.4 Å². The summed E-state index contributed by atoms with van der Waals surface area (Å²) in [7, 11) is -6.40. The molecule has 3 heterocycles. The van der Waals surface area contributed by atoms with Crippen LogP contribution in [-0.4, -0.2) is 53.0 Å². The molecule has 36 heavy (non-hydrogen) atoms. The number of carbonyl (C=O) groups is 1. The first-order valence-corrected chi connectivity index (χ1v) is 16.2.